The van der Waals surface area contributed by atoms with Crippen molar-refractivity contribution in [3.63, 3.8) is 0 Å². The Hall–Kier alpha value is -1.72. The van der Waals surface area contributed by atoms with E-state index in [4.69, 9.17) is 5.73 Å². The highest BCUT2D eigenvalue weighted by molar-refractivity contribution is 5.47. The zero-order valence-electron chi connectivity index (χ0n) is 5.75. The van der Waals surface area contributed by atoms with Crippen molar-refractivity contribution in [1.29, 1.82) is 0 Å². The average molecular weight is 174 g/mol. The number of nitro groups is 1. The summed E-state index contributed by atoms with van der Waals surface area (Å²) in [5.74, 6) is -2.14. The van der Waals surface area contributed by atoms with Gasteiger partial charge in [0.05, 0.1) is 16.7 Å². The zero-order valence-corrected chi connectivity index (χ0v) is 5.75. The van der Waals surface area contributed by atoms with Crippen molar-refractivity contribution in [3.05, 3.63) is 33.9 Å². The molecule has 0 aromatic heterocycles. The molecule has 1 rings (SSSR count). The molecule has 0 amide bonds. The van der Waals surface area contributed by atoms with Gasteiger partial charge in [0, 0.05) is 6.07 Å². The van der Waals surface area contributed by atoms with E-state index in [1.165, 1.54) is 0 Å². The summed E-state index contributed by atoms with van der Waals surface area (Å²) in [5, 5.41) is 10.0. The maximum atomic E-state index is 12.6. The lowest BCUT2D eigenvalue weighted by molar-refractivity contribution is -0.387. The number of nitrogens with zero attached hydrogens (tertiary/aromatic N) is 1. The molecule has 0 radical (unpaired) electrons. The molecule has 0 saturated heterocycles. The smallest absolute Gasteiger partial charge is 0.307 e. The van der Waals surface area contributed by atoms with Gasteiger partial charge in [-0.25, -0.2) is 4.39 Å². The van der Waals surface area contributed by atoms with Gasteiger partial charge in [0.1, 0.15) is 0 Å². The molecule has 0 atom stereocenters. The maximum Gasteiger partial charge on any atom is 0.307 e. The van der Waals surface area contributed by atoms with Crippen molar-refractivity contribution in [3.8, 4) is 0 Å². The van der Waals surface area contributed by atoms with E-state index in [-0.39, 0.29) is 0 Å². The average Bonchev–Trinajstić information content (AvgIpc) is 1.96. The Labute approximate surface area is 65.8 Å². The van der Waals surface area contributed by atoms with E-state index in [1.807, 2.05) is 0 Å². The number of anilines is 1. The Morgan fingerprint density at radius 3 is 2.42 bits per heavy atom. The number of nitrogens with two attached hydrogens (primary N) is 1. The summed E-state index contributed by atoms with van der Waals surface area (Å²) >= 11 is 0. The molecule has 0 fully saturated rings. The van der Waals surface area contributed by atoms with Crippen molar-refractivity contribution >= 4 is 11.4 Å². The zero-order chi connectivity index (χ0) is 9.30. The molecular formula is C6H4F2N2O2. The van der Waals surface area contributed by atoms with Crippen molar-refractivity contribution < 1.29 is 13.7 Å². The van der Waals surface area contributed by atoms with E-state index >= 15 is 0 Å². The number of benzene rings is 1. The first-order valence-corrected chi connectivity index (χ1v) is 2.91. The van der Waals surface area contributed by atoms with Crippen LogP contribution in [0.2, 0.25) is 0 Å². The van der Waals surface area contributed by atoms with Crippen LogP contribution in [0.4, 0.5) is 20.2 Å². The molecular weight excluding hydrogens is 170 g/mol. The summed E-state index contributed by atoms with van der Waals surface area (Å²) in [4.78, 5) is 9.03. The molecule has 0 aliphatic carbocycles. The number of nitrogen functional groups attached to an aromatic ring is 1. The lowest BCUT2D eigenvalue weighted by atomic mass is 10.2. The number of rotatable bonds is 1. The van der Waals surface area contributed by atoms with Gasteiger partial charge in [0.15, 0.2) is 5.82 Å². The summed E-state index contributed by atoms with van der Waals surface area (Å²) in [5.41, 5.74) is 3.59. The van der Waals surface area contributed by atoms with Crippen LogP contribution in [0.5, 0.6) is 0 Å². The first-order valence-electron chi connectivity index (χ1n) is 2.91. The fraction of sp³-hybridized carbons (Fsp3) is 0. The lowest BCUT2D eigenvalue weighted by Gasteiger charge is -1.96. The molecule has 0 unspecified atom stereocenters. The summed E-state index contributed by atoms with van der Waals surface area (Å²) in [6.45, 7) is 0. The van der Waals surface area contributed by atoms with Crippen LogP contribution in [0.1, 0.15) is 0 Å². The van der Waals surface area contributed by atoms with Crippen LogP contribution in [0, 0.1) is 21.7 Å². The molecule has 6 heteroatoms. The molecule has 1 aromatic carbocycles. The molecule has 1 aromatic rings. The second kappa shape index (κ2) is 2.72. The normalized spacial score (nSPS) is 9.83. The van der Waals surface area contributed by atoms with Crippen molar-refractivity contribution in [2.24, 2.45) is 0 Å². The van der Waals surface area contributed by atoms with E-state index in [0.717, 1.165) is 0 Å². The van der Waals surface area contributed by atoms with Crippen LogP contribution in [-0.4, -0.2) is 4.92 Å². The third-order valence-electron chi connectivity index (χ3n) is 1.26. The van der Waals surface area contributed by atoms with Gasteiger partial charge < -0.3 is 5.73 Å². The second-order valence-electron chi connectivity index (χ2n) is 2.08. The summed E-state index contributed by atoms with van der Waals surface area (Å²) < 4.78 is 25.1. The van der Waals surface area contributed by atoms with E-state index < -0.39 is 27.9 Å². The Morgan fingerprint density at radius 1 is 1.33 bits per heavy atom. The highest BCUT2D eigenvalue weighted by Crippen LogP contribution is 2.22. The van der Waals surface area contributed by atoms with E-state index in [2.05, 4.69) is 0 Å². The Morgan fingerprint density at radius 2 is 1.92 bits per heavy atom. The summed E-state index contributed by atoms with van der Waals surface area (Å²) in [6, 6.07) is 1.03. The first kappa shape index (κ1) is 8.38. The number of halogens is 2. The molecule has 64 valence electrons. The number of hydrogen-bond acceptors (Lipinski definition) is 3. The van der Waals surface area contributed by atoms with E-state index in [9.17, 15) is 18.9 Å². The van der Waals surface area contributed by atoms with Crippen molar-refractivity contribution in [1.82, 2.24) is 0 Å². The van der Waals surface area contributed by atoms with Crippen LogP contribution in [0.15, 0.2) is 12.1 Å². The van der Waals surface area contributed by atoms with Crippen LogP contribution in [0.25, 0.3) is 0 Å². The number of hydrogen-bond donors (Lipinski definition) is 1. The van der Waals surface area contributed by atoms with E-state index in [0.29, 0.717) is 12.1 Å². The Kier molecular flexibility index (Phi) is 1.90. The van der Waals surface area contributed by atoms with Crippen molar-refractivity contribution in [2.75, 3.05) is 5.73 Å². The van der Waals surface area contributed by atoms with Crippen LogP contribution >= 0.6 is 0 Å². The molecule has 0 aliphatic heterocycles. The van der Waals surface area contributed by atoms with Crippen LogP contribution < -0.4 is 5.73 Å². The molecule has 2 N–H and O–H groups in total. The highest BCUT2D eigenvalue weighted by atomic mass is 19.1. The fourth-order valence-electron chi connectivity index (χ4n) is 0.692. The van der Waals surface area contributed by atoms with Crippen LogP contribution in [0.3, 0.4) is 0 Å². The van der Waals surface area contributed by atoms with Crippen molar-refractivity contribution in [2.45, 2.75) is 0 Å². The van der Waals surface area contributed by atoms with Gasteiger partial charge in [-0.15, -0.1) is 0 Å². The third kappa shape index (κ3) is 1.31. The highest BCUT2D eigenvalue weighted by Gasteiger charge is 2.16. The largest absolute Gasteiger partial charge is 0.396 e. The van der Waals surface area contributed by atoms with Gasteiger partial charge in [-0.2, -0.15) is 4.39 Å². The fourth-order valence-corrected chi connectivity index (χ4v) is 0.692. The van der Waals surface area contributed by atoms with E-state index in [1.54, 1.807) is 0 Å². The molecule has 0 spiro atoms. The van der Waals surface area contributed by atoms with Gasteiger partial charge in [0.2, 0.25) is 5.82 Å². The third-order valence-corrected chi connectivity index (χ3v) is 1.26. The monoisotopic (exact) mass is 174 g/mol. The predicted octanol–water partition coefficient (Wildman–Crippen LogP) is 1.46. The molecule has 0 bridgehead atoms. The second-order valence-corrected chi connectivity index (χ2v) is 2.08. The topological polar surface area (TPSA) is 69.2 Å². The molecule has 4 nitrogen and oxygen atoms in total. The summed E-state index contributed by atoms with van der Waals surface area (Å²) in [6.07, 6.45) is 0. The lowest BCUT2D eigenvalue weighted by Crippen LogP contribution is -1.97. The Bertz CT molecular complexity index is 341. The Balaban J connectivity index is 3.33. The summed E-state index contributed by atoms with van der Waals surface area (Å²) in [7, 11) is 0. The van der Waals surface area contributed by atoms with Gasteiger partial charge in [0.25, 0.3) is 0 Å². The maximum absolute atomic E-state index is 12.6. The molecule has 0 heterocycles. The minimum atomic E-state index is -1.14. The quantitative estimate of drug-likeness (QED) is 0.398. The van der Waals surface area contributed by atoms with Gasteiger partial charge in [-0.1, -0.05) is 0 Å². The van der Waals surface area contributed by atoms with Gasteiger partial charge in [-0.05, 0) is 0 Å². The SMILES string of the molecule is Nc1cc(F)c([N+](=O)[O-])cc1F. The minimum absolute atomic E-state index is 0.446. The minimum Gasteiger partial charge on any atom is -0.396 e. The predicted molar refractivity (Wildman–Crippen MR) is 37.4 cm³/mol. The molecule has 0 aliphatic rings. The molecule has 0 saturated carbocycles. The van der Waals surface area contributed by atoms with Crippen LogP contribution in [-0.2, 0) is 0 Å². The number of nitro benzene ring substituents is 1. The van der Waals surface area contributed by atoms with Gasteiger partial charge in [-0.3, -0.25) is 10.1 Å². The standard InChI is InChI=1S/C6H4F2N2O2/c7-3-2-6(10(11)12)4(8)1-5(3)9/h1-2H,9H2. The molecule has 12 heavy (non-hydrogen) atoms. The first-order chi connectivity index (χ1) is 5.52. The van der Waals surface area contributed by atoms with Gasteiger partial charge >= 0.3 is 5.69 Å².